The number of sulfonamides is 1. The van der Waals surface area contributed by atoms with Gasteiger partial charge in [-0.15, -0.1) is 15.7 Å². The molecule has 0 aliphatic heterocycles. The van der Waals surface area contributed by atoms with E-state index in [4.69, 9.17) is 11.5 Å². The number of nitrogens with two attached hydrogens (primary N) is 2. The number of aromatic nitrogens is 1. The van der Waals surface area contributed by atoms with Crippen LogP contribution in [0, 0.1) is 18.3 Å². The Morgan fingerprint density at radius 3 is 2.43 bits per heavy atom. The van der Waals surface area contributed by atoms with Gasteiger partial charge in [-0.2, -0.15) is 13.7 Å². The van der Waals surface area contributed by atoms with E-state index in [9.17, 15) is 13.7 Å². The molecule has 152 valence electrons. The number of benzene rings is 2. The van der Waals surface area contributed by atoms with Crippen LogP contribution in [0.4, 0.5) is 5.69 Å². The molecule has 0 spiro atoms. The SMILES string of the molecule is Cc1ccc(-c2csc(/C(C#N)=C/Nc3ccc(S(=O)(=O)N=C(N)N)cc3)n2)cc1. The molecule has 0 unspecified atom stereocenters. The largest absolute Gasteiger partial charge is 0.369 e. The molecule has 30 heavy (non-hydrogen) atoms. The Morgan fingerprint density at radius 2 is 1.83 bits per heavy atom. The van der Waals surface area contributed by atoms with Crippen LogP contribution in [-0.2, 0) is 10.0 Å². The number of hydrogen-bond donors (Lipinski definition) is 3. The van der Waals surface area contributed by atoms with Crippen molar-refractivity contribution in [2.24, 2.45) is 15.9 Å². The molecule has 0 aliphatic rings. The second-order valence-electron chi connectivity index (χ2n) is 6.23. The molecule has 0 fully saturated rings. The van der Waals surface area contributed by atoms with E-state index in [0.717, 1.165) is 16.8 Å². The van der Waals surface area contributed by atoms with Crippen molar-refractivity contribution in [3.8, 4) is 17.3 Å². The van der Waals surface area contributed by atoms with Crippen molar-refractivity contribution in [1.29, 1.82) is 5.26 Å². The minimum Gasteiger partial charge on any atom is -0.369 e. The van der Waals surface area contributed by atoms with Gasteiger partial charge in [-0.3, -0.25) is 0 Å². The topological polar surface area (TPSA) is 147 Å². The molecule has 10 heteroatoms. The molecule has 0 aliphatic carbocycles. The number of guanidine groups is 1. The number of rotatable bonds is 6. The molecule has 0 saturated heterocycles. The van der Waals surface area contributed by atoms with E-state index in [1.165, 1.54) is 29.7 Å². The van der Waals surface area contributed by atoms with Gasteiger partial charge in [0, 0.05) is 22.8 Å². The van der Waals surface area contributed by atoms with Crippen molar-refractivity contribution in [3.63, 3.8) is 0 Å². The van der Waals surface area contributed by atoms with Gasteiger partial charge in [0.05, 0.1) is 10.6 Å². The first-order valence-corrected chi connectivity index (χ1v) is 11.0. The number of anilines is 1. The predicted molar refractivity (Wildman–Crippen MR) is 119 cm³/mol. The van der Waals surface area contributed by atoms with Crippen LogP contribution in [0.15, 0.2) is 69.4 Å². The maximum Gasteiger partial charge on any atom is 0.285 e. The molecule has 1 heterocycles. The Hall–Kier alpha value is -3.68. The van der Waals surface area contributed by atoms with E-state index in [-0.39, 0.29) is 4.90 Å². The van der Waals surface area contributed by atoms with E-state index in [1.807, 2.05) is 36.6 Å². The maximum absolute atomic E-state index is 12.0. The molecule has 1 aromatic heterocycles. The Bertz CT molecular complexity index is 1250. The second-order valence-corrected chi connectivity index (χ2v) is 8.70. The summed E-state index contributed by atoms with van der Waals surface area (Å²) in [6.45, 7) is 2.02. The number of nitriles is 1. The number of nitrogens with one attached hydrogen (secondary N) is 1. The summed E-state index contributed by atoms with van der Waals surface area (Å²) in [5.74, 6) is -0.535. The number of nitrogens with zero attached hydrogens (tertiary/aromatic N) is 3. The number of aryl methyl sites for hydroxylation is 1. The van der Waals surface area contributed by atoms with E-state index in [1.54, 1.807) is 12.1 Å². The standard InChI is InChI=1S/C20H18N6O2S2/c1-13-2-4-14(5-3-13)18-12-29-19(25-18)15(10-21)11-24-16-6-8-17(9-7-16)30(27,28)26-20(22)23/h2-9,11-12,24H,1H3,(H4,22,23,26)/b15-11+. The third-order valence-electron chi connectivity index (χ3n) is 3.96. The summed E-state index contributed by atoms with van der Waals surface area (Å²) in [6, 6.07) is 15.9. The number of thiazole rings is 1. The van der Waals surface area contributed by atoms with Crippen molar-refractivity contribution < 1.29 is 8.42 Å². The lowest BCUT2D eigenvalue weighted by Crippen LogP contribution is -2.24. The van der Waals surface area contributed by atoms with Crippen LogP contribution in [0.1, 0.15) is 10.6 Å². The average Bonchev–Trinajstić information content (AvgIpc) is 3.18. The molecule has 3 aromatic rings. The highest BCUT2D eigenvalue weighted by molar-refractivity contribution is 7.90. The maximum atomic E-state index is 12.0. The fourth-order valence-electron chi connectivity index (χ4n) is 2.47. The number of allylic oxidation sites excluding steroid dienone is 1. The highest BCUT2D eigenvalue weighted by Gasteiger charge is 2.13. The lowest BCUT2D eigenvalue weighted by Gasteiger charge is -2.04. The quantitative estimate of drug-likeness (QED) is 0.304. The Labute approximate surface area is 178 Å². The molecule has 0 atom stereocenters. The minimum atomic E-state index is -3.95. The molecule has 8 nitrogen and oxygen atoms in total. The van der Waals surface area contributed by atoms with Crippen molar-refractivity contribution in [2.45, 2.75) is 11.8 Å². The summed E-state index contributed by atoms with van der Waals surface area (Å²) in [5, 5.41) is 14.9. The van der Waals surface area contributed by atoms with Crippen molar-refractivity contribution in [3.05, 3.63) is 70.7 Å². The Kier molecular flexibility index (Phi) is 6.15. The zero-order valence-corrected chi connectivity index (χ0v) is 17.5. The van der Waals surface area contributed by atoms with E-state index in [0.29, 0.717) is 16.3 Å². The highest BCUT2D eigenvalue weighted by Crippen LogP contribution is 2.26. The molecular weight excluding hydrogens is 420 g/mol. The zero-order valence-electron chi connectivity index (χ0n) is 15.9. The zero-order chi connectivity index (χ0) is 21.7. The Morgan fingerprint density at radius 1 is 1.17 bits per heavy atom. The lowest BCUT2D eigenvalue weighted by atomic mass is 10.1. The van der Waals surface area contributed by atoms with Crippen LogP contribution in [0.25, 0.3) is 16.8 Å². The first kappa shape index (κ1) is 21.0. The summed E-state index contributed by atoms with van der Waals surface area (Å²) in [7, 11) is -3.95. The van der Waals surface area contributed by atoms with Gasteiger partial charge in [-0.05, 0) is 31.2 Å². The third kappa shape index (κ3) is 5.02. The monoisotopic (exact) mass is 438 g/mol. The highest BCUT2D eigenvalue weighted by atomic mass is 32.2. The van der Waals surface area contributed by atoms with Gasteiger partial charge in [0.1, 0.15) is 16.6 Å². The molecular formula is C20H18N6O2S2. The van der Waals surface area contributed by atoms with Crippen molar-refractivity contribution in [2.75, 3.05) is 5.32 Å². The van der Waals surface area contributed by atoms with Gasteiger partial charge >= 0.3 is 0 Å². The van der Waals surface area contributed by atoms with Crippen LogP contribution in [0.2, 0.25) is 0 Å². The van der Waals surface area contributed by atoms with Gasteiger partial charge in [0.2, 0.25) is 5.96 Å². The van der Waals surface area contributed by atoms with E-state index < -0.39 is 16.0 Å². The van der Waals surface area contributed by atoms with Crippen LogP contribution in [0.5, 0.6) is 0 Å². The summed E-state index contributed by atoms with van der Waals surface area (Å²) in [6.07, 6.45) is 1.53. The molecule has 0 amide bonds. The van der Waals surface area contributed by atoms with Crippen molar-refractivity contribution >= 4 is 38.6 Å². The molecule has 2 aromatic carbocycles. The molecule has 0 radical (unpaired) electrons. The van der Waals surface area contributed by atoms with Crippen molar-refractivity contribution in [1.82, 2.24) is 4.98 Å². The summed E-state index contributed by atoms with van der Waals surface area (Å²) < 4.78 is 27.1. The fraction of sp³-hybridized carbons (Fsp3) is 0.0500. The van der Waals surface area contributed by atoms with Gasteiger partial charge in [0.25, 0.3) is 10.0 Å². The molecule has 0 saturated carbocycles. The third-order valence-corrected chi connectivity index (χ3v) is 6.16. The van der Waals surface area contributed by atoms with Crippen LogP contribution < -0.4 is 16.8 Å². The van der Waals surface area contributed by atoms with Gasteiger partial charge in [-0.1, -0.05) is 29.8 Å². The van der Waals surface area contributed by atoms with Gasteiger partial charge in [0.15, 0.2) is 0 Å². The average molecular weight is 439 g/mol. The van der Waals surface area contributed by atoms with Gasteiger partial charge < -0.3 is 16.8 Å². The smallest absolute Gasteiger partial charge is 0.285 e. The van der Waals surface area contributed by atoms with Crippen LogP contribution in [-0.4, -0.2) is 19.4 Å². The Balaban J connectivity index is 1.77. The minimum absolute atomic E-state index is 0.0476. The first-order valence-electron chi connectivity index (χ1n) is 8.64. The summed E-state index contributed by atoms with van der Waals surface area (Å²) >= 11 is 1.37. The van der Waals surface area contributed by atoms with Gasteiger partial charge in [-0.25, -0.2) is 4.98 Å². The van der Waals surface area contributed by atoms with E-state index >= 15 is 0 Å². The first-order chi connectivity index (χ1) is 14.3. The fourth-order valence-corrected chi connectivity index (χ4v) is 4.12. The normalized spacial score (nSPS) is 11.5. The number of hydrogen-bond acceptors (Lipinski definition) is 6. The predicted octanol–water partition coefficient (Wildman–Crippen LogP) is 3.06. The molecule has 0 bridgehead atoms. The summed E-state index contributed by atoms with van der Waals surface area (Å²) in [5.41, 5.74) is 14.1. The van der Waals surface area contributed by atoms with Crippen LogP contribution >= 0.6 is 11.3 Å². The van der Waals surface area contributed by atoms with Crippen LogP contribution in [0.3, 0.4) is 0 Å². The lowest BCUT2D eigenvalue weighted by molar-refractivity contribution is 0.598. The molecule has 5 N–H and O–H groups in total. The van der Waals surface area contributed by atoms with E-state index in [2.05, 4.69) is 20.8 Å². The molecule has 3 rings (SSSR count). The summed E-state index contributed by atoms with van der Waals surface area (Å²) in [4.78, 5) is 4.49. The second kappa shape index (κ2) is 8.77.